The van der Waals surface area contributed by atoms with Gasteiger partial charge in [0.1, 0.15) is 0 Å². The van der Waals surface area contributed by atoms with Crippen molar-refractivity contribution in [1.82, 2.24) is 9.88 Å². The number of ether oxygens (including phenoxy) is 1. The third kappa shape index (κ3) is 4.89. The molecule has 0 unspecified atom stereocenters. The van der Waals surface area contributed by atoms with E-state index in [4.69, 9.17) is 4.74 Å². The Hall–Kier alpha value is -2.73. The minimum atomic E-state index is -0.218. The normalized spacial score (nSPS) is 16.3. The maximum Gasteiger partial charge on any atom is 0.322 e. The van der Waals surface area contributed by atoms with Crippen LogP contribution >= 0.6 is 0 Å². The summed E-state index contributed by atoms with van der Waals surface area (Å²) in [5, 5.41) is 2.89. The number of aromatic nitrogens is 1. The summed E-state index contributed by atoms with van der Waals surface area (Å²) in [4.78, 5) is 30.2. The molecule has 1 aliphatic rings. The van der Waals surface area contributed by atoms with Gasteiger partial charge in [0.15, 0.2) is 5.78 Å². The van der Waals surface area contributed by atoms with E-state index in [1.807, 2.05) is 12.1 Å². The van der Waals surface area contributed by atoms with E-state index < -0.39 is 0 Å². The smallest absolute Gasteiger partial charge is 0.322 e. The maximum absolute atomic E-state index is 12.8. The van der Waals surface area contributed by atoms with E-state index in [9.17, 15) is 9.59 Å². The first-order valence-corrected chi connectivity index (χ1v) is 8.79. The Morgan fingerprint density at radius 1 is 1.31 bits per heavy atom. The van der Waals surface area contributed by atoms with Crippen molar-refractivity contribution >= 4 is 17.5 Å². The lowest BCUT2D eigenvalue weighted by atomic mass is 10.1. The fourth-order valence-corrected chi connectivity index (χ4v) is 2.98. The topological polar surface area (TPSA) is 71.5 Å². The van der Waals surface area contributed by atoms with Crippen LogP contribution in [-0.2, 0) is 11.3 Å². The predicted octanol–water partition coefficient (Wildman–Crippen LogP) is 3.50. The number of hydrogen-bond donors (Lipinski definition) is 1. The number of hydrogen-bond acceptors (Lipinski definition) is 4. The van der Waals surface area contributed by atoms with Gasteiger partial charge in [-0.15, -0.1) is 0 Å². The van der Waals surface area contributed by atoms with Crippen LogP contribution in [0.15, 0.2) is 48.8 Å². The molecule has 1 aromatic heterocycles. The van der Waals surface area contributed by atoms with Gasteiger partial charge in [0.25, 0.3) is 0 Å². The molecule has 1 N–H and O–H groups in total. The van der Waals surface area contributed by atoms with Crippen LogP contribution in [0.3, 0.4) is 0 Å². The van der Waals surface area contributed by atoms with Crippen LogP contribution in [0.2, 0.25) is 0 Å². The molecular weight excluding hydrogens is 330 g/mol. The molecule has 2 heterocycles. The third-order valence-corrected chi connectivity index (χ3v) is 4.35. The van der Waals surface area contributed by atoms with Gasteiger partial charge in [-0.1, -0.05) is 18.2 Å². The predicted molar refractivity (Wildman–Crippen MR) is 99.1 cm³/mol. The van der Waals surface area contributed by atoms with Crippen molar-refractivity contribution in [2.24, 2.45) is 0 Å². The number of amides is 2. The molecule has 2 amide bonds. The highest BCUT2D eigenvalue weighted by Gasteiger charge is 2.23. The average molecular weight is 353 g/mol. The van der Waals surface area contributed by atoms with Crippen LogP contribution in [0.4, 0.5) is 10.5 Å². The zero-order valence-electron chi connectivity index (χ0n) is 14.9. The summed E-state index contributed by atoms with van der Waals surface area (Å²) in [7, 11) is 0. The Labute approximate surface area is 153 Å². The highest BCUT2D eigenvalue weighted by molar-refractivity contribution is 5.96. The number of carbonyl (C=O) groups excluding carboxylic acids is 2. The molecule has 2 aromatic rings. The van der Waals surface area contributed by atoms with Crippen molar-refractivity contribution in [2.45, 2.75) is 32.4 Å². The number of carbonyl (C=O) groups is 2. The standard InChI is InChI=1S/C20H23N3O3/c1-15(24)17-6-2-7-18(11-17)22-20(25)23(14-19-8-4-10-26-19)13-16-5-3-9-21-12-16/h2-3,5-7,9,11-12,19H,4,8,10,13-14H2,1H3,(H,22,25)/t19-/m1/s1. The monoisotopic (exact) mass is 353 g/mol. The number of nitrogens with one attached hydrogen (secondary N) is 1. The van der Waals surface area contributed by atoms with Crippen LogP contribution in [0.25, 0.3) is 0 Å². The summed E-state index contributed by atoms with van der Waals surface area (Å²) in [6.45, 7) is 3.22. The summed E-state index contributed by atoms with van der Waals surface area (Å²) in [6.07, 6.45) is 5.50. The molecule has 1 saturated heterocycles. The second-order valence-electron chi connectivity index (χ2n) is 6.44. The quantitative estimate of drug-likeness (QED) is 0.807. The molecule has 0 spiro atoms. The van der Waals surface area contributed by atoms with Crippen LogP contribution in [0.1, 0.15) is 35.7 Å². The molecular formula is C20H23N3O3. The molecule has 0 aliphatic carbocycles. The lowest BCUT2D eigenvalue weighted by Crippen LogP contribution is -2.39. The van der Waals surface area contributed by atoms with E-state index in [1.54, 1.807) is 41.6 Å². The number of pyridine rings is 1. The third-order valence-electron chi connectivity index (χ3n) is 4.35. The maximum atomic E-state index is 12.8. The van der Waals surface area contributed by atoms with Crippen LogP contribution in [0, 0.1) is 0 Å². The molecule has 6 heteroatoms. The van der Waals surface area contributed by atoms with Gasteiger partial charge in [0.2, 0.25) is 0 Å². The van der Waals surface area contributed by atoms with Crippen molar-refractivity contribution in [3.63, 3.8) is 0 Å². The van der Waals surface area contributed by atoms with Crippen molar-refractivity contribution in [3.8, 4) is 0 Å². The SMILES string of the molecule is CC(=O)c1cccc(NC(=O)N(Cc2cccnc2)C[C@H]2CCCO2)c1. The molecule has 1 atom stereocenters. The van der Waals surface area contributed by atoms with E-state index in [0.29, 0.717) is 24.3 Å². The average Bonchev–Trinajstić information content (AvgIpc) is 3.15. The van der Waals surface area contributed by atoms with Gasteiger partial charge in [-0.25, -0.2) is 4.79 Å². The number of urea groups is 1. The number of nitrogens with zero attached hydrogens (tertiary/aromatic N) is 2. The first-order chi connectivity index (χ1) is 12.6. The van der Waals surface area contributed by atoms with Gasteiger partial charge >= 0.3 is 6.03 Å². The summed E-state index contributed by atoms with van der Waals surface area (Å²) < 4.78 is 5.69. The zero-order valence-corrected chi connectivity index (χ0v) is 14.9. The van der Waals surface area contributed by atoms with Gasteiger partial charge in [0, 0.05) is 43.3 Å². The number of anilines is 1. The summed E-state index contributed by atoms with van der Waals surface area (Å²) in [5.41, 5.74) is 2.13. The minimum Gasteiger partial charge on any atom is -0.376 e. The Morgan fingerprint density at radius 2 is 2.19 bits per heavy atom. The zero-order chi connectivity index (χ0) is 18.4. The lowest BCUT2D eigenvalue weighted by Gasteiger charge is -2.26. The van der Waals surface area contributed by atoms with Crippen LogP contribution < -0.4 is 5.32 Å². The van der Waals surface area contributed by atoms with E-state index in [1.165, 1.54) is 6.92 Å². The second kappa shape index (κ2) is 8.58. The van der Waals surface area contributed by atoms with Crippen LogP contribution in [0.5, 0.6) is 0 Å². The fraction of sp³-hybridized carbons (Fsp3) is 0.350. The van der Waals surface area contributed by atoms with Gasteiger partial charge in [0.05, 0.1) is 6.10 Å². The Kier molecular flexibility index (Phi) is 5.96. The van der Waals surface area contributed by atoms with Gasteiger partial charge in [-0.3, -0.25) is 9.78 Å². The molecule has 136 valence electrons. The molecule has 3 rings (SSSR count). The Balaban J connectivity index is 1.72. The molecule has 1 aromatic carbocycles. The van der Waals surface area contributed by atoms with E-state index in [0.717, 1.165) is 25.0 Å². The van der Waals surface area contributed by atoms with Gasteiger partial charge in [-0.2, -0.15) is 0 Å². The molecule has 1 fully saturated rings. The number of rotatable bonds is 6. The number of Topliss-reactive ketones (excluding diaryl/α,β-unsaturated/α-hetero) is 1. The number of ketones is 1. The van der Waals surface area contributed by atoms with Gasteiger partial charge < -0.3 is 15.0 Å². The minimum absolute atomic E-state index is 0.0346. The van der Waals surface area contributed by atoms with E-state index >= 15 is 0 Å². The highest BCUT2D eigenvalue weighted by Crippen LogP contribution is 2.17. The molecule has 26 heavy (non-hydrogen) atoms. The Morgan fingerprint density at radius 3 is 2.88 bits per heavy atom. The summed E-state index contributed by atoms with van der Waals surface area (Å²) in [5.74, 6) is -0.0346. The van der Waals surface area contributed by atoms with Crippen molar-refractivity contribution in [1.29, 1.82) is 0 Å². The first kappa shape index (κ1) is 18.1. The fourth-order valence-electron chi connectivity index (χ4n) is 2.98. The Bertz CT molecular complexity index is 758. The molecule has 0 bridgehead atoms. The lowest BCUT2D eigenvalue weighted by molar-refractivity contribution is 0.0819. The second-order valence-corrected chi connectivity index (χ2v) is 6.44. The highest BCUT2D eigenvalue weighted by atomic mass is 16.5. The van der Waals surface area contributed by atoms with E-state index in [2.05, 4.69) is 10.3 Å². The molecule has 0 saturated carbocycles. The molecule has 1 aliphatic heterocycles. The van der Waals surface area contributed by atoms with Gasteiger partial charge in [-0.05, 0) is 43.5 Å². The largest absolute Gasteiger partial charge is 0.376 e. The number of benzene rings is 1. The van der Waals surface area contributed by atoms with Crippen molar-refractivity contribution in [3.05, 3.63) is 59.9 Å². The summed E-state index contributed by atoms with van der Waals surface area (Å²) >= 11 is 0. The molecule has 6 nitrogen and oxygen atoms in total. The molecule has 0 radical (unpaired) electrons. The van der Waals surface area contributed by atoms with Crippen molar-refractivity contribution in [2.75, 3.05) is 18.5 Å². The summed E-state index contributed by atoms with van der Waals surface area (Å²) in [6, 6.07) is 10.5. The van der Waals surface area contributed by atoms with E-state index in [-0.39, 0.29) is 17.9 Å². The van der Waals surface area contributed by atoms with Crippen molar-refractivity contribution < 1.29 is 14.3 Å². The van der Waals surface area contributed by atoms with Crippen LogP contribution in [-0.4, -0.2) is 41.0 Å². The first-order valence-electron chi connectivity index (χ1n) is 8.79.